The number of carbonyl (C=O) groups is 1. The summed E-state index contributed by atoms with van der Waals surface area (Å²) in [7, 11) is 0. The molecule has 4 rings (SSSR count). The maximum absolute atomic E-state index is 12.3. The van der Waals surface area contributed by atoms with Gasteiger partial charge in [-0.05, 0) is 34.2 Å². The molecule has 1 heterocycles. The molecule has 0 aliphatic carbocycles. The maximum atomic E-state index is 12.3. The Hall–Kier alpha value is -3.86. The van der Waals surface area contributed by atoms with Crippen LogP contribution >= 0.6 is 0 Å². The highest BCUT2D eigenvalue weighted by atomic mass is 16.1. The topological polar surface area (TPSA) is 83.8 Å². The van der Waals surface area contributed by atoms with Crippen LogP contribution in [0.2, 0.25) is 0 Å². The molecule has 0 saturated heterocycles. The fraction of sp³-hybridized carbons (Fsp3) is 0.120. The molecule has 30 heavy (non-hydrogen) atoms. The van der Waals surface area contributed by atoms with E-state index in [-0.39, 0.29) is 5.91 Å². The van der Waals surface area contributed by atoms with Crippen molar-refractivity contribution in [2.75, 3.05) is 5.73 Å². The van der Waals surface area contributed by atoms with Gasteiger partial charge >= 0.3 is 0 Å². The number of rotatable bonds is 7. The van der Waals surface area contributed by atoms with Crippen molar-refractivity contribution in [1.82, 2.24) is 15.3 Å². The van der Waals surface area contributed by atoms with Crippen LogP contribution in [0.1, 0.15) is 22.3 Å². The number of aromatic nitrogens is 2. The van der Waals surface area contributed by atoms with E-state index in [4.69, 9.17) is 5.73 Å². The molecule has 0 bridgehead atoms. The van der Waals surface area contributed by atoms with Gasteiger partial charge in [0.2, 0.25) is 5.91 Å². The molecule has 0 radical (unpaired) electrons. The van der Waals surface area contributed by atoms with Crippen LogP contribution in [0.15, 0.2) is 85.1 Å². The number of H-pyrrole nitrogens is 1. The summed E-state index contributed by atoms with van der Waals surface area (Å²) < 4.78 is 0. The van der Waals surface area contributed by atoms with Crippen LogP contribution in [-0.4, -0.2) is 15.9 Å². The van der Waals surface area contributed by atoms with Gasteiger partial charge in [0.05, 0.1) is 18.3 Å². The minimum Gasteiger partial charge on any atom is -0.369 e. The zero-order chi connectivity index (χ0) is 20.8. The van der Waals surface area contributed by atoms with Gasteiger partial charge in [-0.1, -0.05) is 78.9 Å². The van der Waals surface area contributed by atoms with Crippen molar-refractivity contribution in [3.05, 3.63) is 107 Å². The molecule has 0 aliphatic rings. The Morgan fingerprint density at radius 2 is 1.47 bits per heavy atom. The Balaban J connectivity index is 1.27. The summed E-state index contributed by atoms with van der Waals surface area (Å²) in [5.74, 6) is 0.408. The molecule has 4 aromatic rings. The average Bonchev–Trinajstić information content (AvgIpc) is 3.21. The van der Waals surface area contributed by atoms with Crippen LogP contribution in [-0.2, 0) is 24.2 Å². The zero-order valence-electron chi connectivity index (χ0n) is 16.6. The third kappa shape index (κ3) is 5.14. The number of nitrogens with zero attached hydrogens (tertiary/aromatic N) is 1. The molecule has 0 aliphatic heterocycles. The highest BCUT2D eigenvalue weighted by molar-refractivity contribution is 5.78. The summed E-state index contributed by atoms with van der Waals surface area (Å²) in [5.41, 5.74) is 12.1. The summed E-state index contributed by atoms with van der Waals surface area (Å²) in [4.78, 5) is 19.3. The van der Waals surface area contributed by atoms with Crippen molar-refractivity contribution in [3.63, 3.8) is 0 Å². The fourth-order valence-electron chi connectivity index (χ4n) is 3.34. The number of anilines is 1. The Morgan fingerprint density at radius 1 is 0.833 bits per heavy atom. The van der Waals surface area contributed by atoms with Crippen molar-refractivity contribution >= 4 is 11.9 Å². The van der Waals surface area contributed by atoms with Crippen molar-refractivity contribution in [2.24, 2.45) is 0 Å². The van der Waals surface area contributed by atoms with Crippen LogP contribution in [0, 0.1) is 0 Å². The molecule has 0 saturated carbocycles. The lowest BCUT2D eigenvalue weighted by molar-refractivity contribution is -0.120. The molecular formula is C25H24N4O. The zero-order valence-corrected chi connectivity index (χ0v) is 16.6. The van der Waals surface area contributed by atoms with E-state index < -0.39 is 0 Å². The Kier molecular flexibility index (Phi) is 5.90. The minimum absolute atomic E-state index is 0.0104. The number of imidazole rings is 1. The Labute approximate surface area is 176 Å². The molecule has 1 amide bonds. The summed E-state index contributed by atoms with van der Waals surface area (Å²) in [6.07, 6.45) is 2.98. The van der Waals surface area contributed by atoms with E-state index >= 15 is 0 Å². The molecule has 3 aromatic carbocycles. The lowest BCUT2D eigenvalue weighted by Gasteiger charge is -2.07. The fourth-order valence-corrected chi connectivity index (χ4v) is 3.34. The van der Waals surface area contributed by atoms with E-state index in [1.165, 1.54) is 11.1 Å². The van der Waals surface area contributed by atoms with E-state index in [1.54, 1.807) is 6.20 Å². The lowest BCUT2D eigenvalue weighted by atomic mass is 10.0. The van der Waals surface area contributed by atoms with E-state index in [0.717, 1.165) is 28.8 Å². The average molecular weight is 396 g/mol. The van der Waals surface area contributed by atoms with Crippen LogP contribution in [0.4, 0.5) is 5.95 Å². The monoisotopic (exact) mass is 396 g/mol. The van der Waals surface area contributed by atoms with Gasteiger partial charge in [0.1, 0.15) is 0 Å². The van der Waals surface area contributed by atoms with Gasteiger partial charge in [0.25, 0.3) is 0 Å². The number of nitrogen functional groups attached to an aromatic ring is 1. The second-order valence-corrected chi connectivity index (χ2v) is 7.31. The summed E-state index contributed by atoms with van der Waals surface area (Å²) in [6.45, 7) is 0.496. The van der Waals surface area contributed by atoms with Gasteiger partial charge < -0.3 is 16.0 Å². The summed E-state index contributed by atoms with van der Waals surface area (Å²) in [6, 6.07) is 26.6. The van der Waals surface area contributed by atoms with E-state index in [0.29, 0.717) is 18.9 Å². The maximum Gasteiger partial charge on any atom is 0.224 e. The predicted molar refractivity (Wildman–Crippen MR) is 120 cm³/mol. The van der Waals surface area contributed by atoms with Crippen molar-refractivity contribution in [3.8, 4) is 11.3 Å². The molecule has 1 aromatic heterocycles. The third-order valence-electron chi connectivity index (χ3n) is 4.99. The highest BCUT2D eigenvalue weighted by Crippen LogP contribution is 2.18. The number of nitrogens with two attached hydrogens (primary N) is 1. The van der Waals surface area contributed by atoms with Gasteiger partial charge in [-0.25, -0.2) is 4.98 Å². The molecule has 0 fully saturated rings. The first-order chi connectivity index (χ1) is 14.7. The normalized spacial score (nSPS) is 10.7. The molecule has 4 N–H and O–H groups in total. The van der Waals surface area contributed by atoms with E-state index in [1.807, 2.05) is 42.5 Å². The third-order valence-corrected chi connectivity index (χ3v) is 4.99. The van der Waals surface area contributed by atoms with Crippen LogP contribution < -0.4 is 11.1 Å². The van der Waals surface area contributed by atoms with Crippen LogP contribution in [0.25, 0.3) is 11.3 Å². The van der Waals surface area contributed by atoms with Crippen molar-refractivity contribution in [1.29, 1.82) is 0 Å². The van der Waals surface area contributed by atoms with Crippen molar-refractivity contribution < 1.29 is 4.79 Å². The number of carbonyl (C=O) groups excluding carboxylic acids is 1. The first kappa shape index (κ1) is 19.5. The molecule has 0 spiro atoms. The SMILES string of the molecule is Nc1ncc(-c2ccc(CNC(=O)Cc3ccc(Cc4ccccc4)cc3)cc2)[nH]1. The second kappa shape index (κ2) is 9.09. The van der Waals surface area contributed by atoms with Crippen LogP contribution in [0.3, 0.4) is 0 Å². The number of hydrogen-bond donors (Lipinski definition) is 3. The van der Waals surface area contributed by atoms with Gasteiger partial charge in [-0.3, -0.25) is 4.79 Å². The summed E-state index contributed by atoms with van der Waals surface area (Å²) in [5, 5.41) is 2.99. The highest BCUT2D eigenvalue weighted by Gasteiger charge is 2.05. The van der Waals surface area contributed by atoms with Crippen LogP contribution in [0.5, 0.6) is 0 Å². The first-order valence-electron chi connectivity index (χ1n) is 9.94. The molecule has 5 nitrogen and oxygen atoms in total. The number of nitrogens with one attached hydrogen (secondary N) is 2. The van der Waals surface area contributed by atoms with E-state index in [2.05, 4.69) is 51.7 Å². The minimum atomic E-state index is 0.0104. The second-order valence-electron chi connectivity index (χ2n) is 7.31. The largest absolute Gasteiger partial charge is 0.369 e. The lowest BCUT2D eigenvalue weighted by Crippen LogP contribution is -2.24. The molecule has 0 atom stereocenters. The Morgan fingerprint density at radius 3 is 2.13 bits per heavy atom. The quantitative estimate of drug-likeness (QED) is 0.440. The number of amides is 1. The summed E-state index contributed by atoms with van der Waals surface area (Å²) >= 11 is 0. The first-order valence-corrected chi connectivity index (χ1v) is 9.94. The smallest absolute Gasteiger partial charge is 0.224 e. The predicted octanol–water partition coefficient (Wildman–Crippen LogP) is 4.11. The standard InChI is InChI=1S/C25H24N4O/c26-25-28-17-23(29-25)22-12-10-21(11-13-22)16-27-24(30)15-20-8-6-19(7-9-20)14-18-4-2-1-3-5-18/h1-13,17H,14-16H2,(H,27,30)(H3,26,28,29). The number of aromatic amines is 1. The van der Waals surface area contributed by atoms with E-state index in [9.17, 15) is 4.79 Å². The molecule has 5 heteroatoms. The van der Waals surface area contributed by atoms with Gasteiger partial charge in [-0.15, -0.1) is 0 Å². The Bertz CT molecular complexity index is 1100. The number of hydrogen-bond acceptors (Lipinski definition) is 3. The van der Waals surface area contributed by atoms with Gasteiger partial charge in [0.15, 0.2) is 5.95 Å². The number of benzene rings is 3. The van der Waals surface area contributed by atoms with Crippen molar-refractivity contribution in [2.45, 2.75) is 19.4 Å². The molecular weight excluding hydrogens is 372 g/mol. The molecule has 0 unspecified atom stereocenters. The van der Waals surface area contributed by atoms with Gasteiger partial charge in [-0.2, -0.15) is 0 Å². The van der Waals surface area contributed by atoms with Gasteiger partial charge in [0, 0.05) is 6.54 Å². The molecule has 150 valence electrons.